The lowest BCUT2D eigenvalue weighted by Gasteiger charge is -2.16. The number of nitrogens with two attached hydrogens (primary N) is 1. The molecular weight excluding hydrogens is 282 g/mol. The van der Waals surface area contributed by atoms with Gasteiger partial charge in [0.1, 0.15) is 0 Å². The van der Waals surface area contributed by atoms with Gasteiger partial charge in [-0.25, -0.2) is 4.98 Å². The first kappa shape index (κ1) is 14.2. The summed E-state index contributed by atoms with van der Waals surface area (Å²) in [5.74, 6) is -0.225. The monoisotopic (exact) mass is 301 g/mol. The number of rotatable bonds is 3. The average molecular weight is 301 g/mol. The van der Waals surface area contributed by atoms with Gasteiger partial charge in [-0.3, -0.25) is 4.79 Å². The van der Waals surface area contributed by atoms with E-state index >= 15 is 0 Å². The highest BCUT2D eigenvalue weighted by atomic mass is 32.1. The van der Waals surface area contributed by atoms with Gasteiger partial charge in [-0.05, 0) is 50.3 Å². The molecule has 0 unspecified atom stereocenters. The number of amides is 1. The zero-order valence-corrected chi connectivity index (χ0v) is 13.1. The molecule has 0 radical (unpaired) electrons. The van der Waals surface area contributed by atoms with E-state index in [4.69, 9.17) is 5.73 Å². The third-order valence-corrected chi connectivity index (χ3v) is 4.46. The van der Waals surface area contributed by atoms with Crippen LogP contribution in [0.2, 0.25) is 0 Å². The molecule has 1 aromatic carbocycles. The van der Waals surface area contributed by atoms with Gasteiger partial charge in [-0.2, -0.15) is 0 Å². The third kappa shape index (κ3) is 2.99. The van der Waals surface area contributed by atoms with Crippen molar-refractivity contribution in [3.05, 3.63) is 34.7 Å². The van der Waals surface area contributed by atoms with E-state index in [0.717, 1.165) is 17.7 Å². The Balaban J connectivity index is 1.80. The molecule has 3 N–H and O–H groups in total. The van der Waals surface area contributed by atoms with E-state index in [-0.39, 0.29) is 5.91 Å². The molecule has 1 aliphatic rings. The Morgan fingerprint density at radius 2 is 2.10 bits per heavy atom. The number of benzene rings is 1. The van der Waals surface area contributed by atoms with Gasteiger partial charge in [0.05, 0.1) is 11.2 Å². The lowest BCUT2D eigenvalue weighted by atomic mass is 10.1. The number of anilines is 1. The van der Waals surface area contributed by atoms with Gasteiger partial charge in [0.15, 0.2) is 5.13 Å². The fourth-order valence-electron chi connectivity index (χ4n) is 2.45. The maximum atomic E-state index is 11.9. The number of hydrogen-bond donors (Lipinski definition) is 2. The second-order valence-corrected chi connectivity index (χ2v) is 6.91. The zero-order valence-electron chi connectivity index (χ0n) is 12.3. The molecule has 1 heterocycles. The van der Waals surface area contributed by atoms with Crippen LogP contribution in [0, 0.1) is 0 Å². The minimum atomic E-state index is -0.903. The number of carbonyl (C=O) groups excluding carboxylic acids is 1. The van der Waals surface area contributed by atoms with E-state index in [0.29, 0.717) is 5.13 Å². The Hall–Kier alpha value is -1.72. The summed E-state index contributed by atoms with van der Waals surface area (Å²) >= 11 is 1.42. The third-order valence-electron chi connectivity index (χ3n) is 3.70. The van der Waals surface area contributed by atoms with Crippen molar-refractivity contribution in [2.45, 2.75) is 38.6 Å². The molecule has 0 spiro atoms. The van der Waals surface area contributed by atoms with Crippen molar-refractivity contribution in [2.24, 2.45) is 5.73 Å². The lowest BCUT2D eigenvalue weighted by Crippen LogP contribution is -2.45. The number of fused-ring (bicyclic) bond motifs is 1. The quantitative estimate of drug-likeness (QED) is 0.916. The van der Waals surface area contributed by atoms with Crippen molar-refractivity contribution >= 4 is 22.4 Å². The van der Waals surface area contributed by atoms with Gasteiger partial charge >= 0.3 is 0 Å². The van der Waals surface area contributed by atoms with E-state index in [1.807, 2.05) is 5.38 Å². The largest absolute Gasteiger partial charge is 0.318 e. The van der Waals surface area contributed by atoms with E-state index < -0.39 is 5.54 Å². The van der Waals surface area contributed by atoms with Crippen LogP contribution in [-0.4, -0.2) is 16.4 Å². The van der Waals surface area contributed by atoms with Crippen LogP contribution in [0.25, 0.3) is 11.3 Å². The number of nitrogens with zero attached hydrogens (tertiary/aromatic N) is 1. The minimum Gasteiger partial charge on any atom is -0.318 e. The molecule has 0 aliphatic heterocycles. The number of hydrogen-bond acceptors (Lipinski definition) is 4. The molecule has 110 valence electrons. The van der Waals surface area contributed by atoms with Crippen molar-refractivity contribution in [1.82, 2.24) is 4.98 Å². The zero-order chi connectivity index (χ0) is 15.0. The van der Waals surface area contributed by atoms with Crippen molar-refractivity contribution in [2.75, 3.05) is 5.32 Å². The summed E-state index contributed by atoms with van der Waals surface area (Å²) < 4.78 is 0. The molecule has 2 aromatic rings. The molecule has 3 rings (SSSR count). The molecule has 1 aromatic heterocycles. The summed E-state index contributed by atoms with van der Waals surface area (Å²) in [5.41, 5.74) is 9.76. The first-order valence-electron chi connectivity index (χ1n) is 7.11. The van der Waals surface area contributed by atoms with Crippen molar-refractivity contribution in [1.29, 1.82) is 0 Å². The van der Waals surface area contributed by atoms with Crippen LogP contribution >= 0.6 is 11.3 Å². The predicted molar refractivity (Wildman–Crippen MR) is 86.5 cm³/mol. The first-order chi connectivity index (χ1) is 9.93. The Morgan fingerprint density at radius 1 is 1.33 bits per heavy atom. The highest BCUT2D eigenvalue weighted by Gasteiger charge is 2.23. The summed E-state index contributed by atoms with van der Waals surface area (Å²) in [6.07, 6.45) is 3.57. The molecule has 21 heavy (non-hydrogen) atoms. The molecular formula is C16H19N3OS. The molecule has 0 atom stereocenters. The van der Waals surface area contributed by atoms with E-state index in [1.54, 1.807) is 13.8 Å². The standard InChI is InChI=1S/C16H19N3OS/c1-16(2,17)14(20)19-15-18-13(9-21-15)12-7-6-10-4-3-5-11(10)8-12/h6-9H,3-5,17H2,1-2H3,(H,18,19,20). The lowest BCUT2D eigenvalue weighted by molar-refractivity contribution is -0.120. The second kappa shape index (κ2) is 5.24. The predicted octanol–water partition coefficient (Wildman–Crippen LogP) is 2.97. The molecule has 0 bridgehead atoms. The summed E-state index contributed by atoms with van der Waals surface area (Å²) in [5, 5.41) is 5.33. The normalized spacial score (nSPS) is 14.0. The summed E-state index contributed by atoms with van der Waals surface area (Å²) in [6, 6.07) is 6.52. The molecule has 4 nitrogen and oxygen atoms in total. The van der Waals surface area contributed by atoms with Crippen LogP contribution in [0.1, 0.15) is 31.4 Å². The first-order valence-corrected chi connectivity index (χ1v) is 7.99. The fraction of sp³-hybridized carbons (Fsp3) is 0.375. The summed E-state index contributed by atoms with van der Waals surface area (Å²) in [6.45, 7) is 3.36. The number of carbonyl (C=O) groups is 1. The van der Waals surface area contributed by atoms with Crippen LogP contribution in [0.15, 0.2) is 23.6 Å². The van der Waals surface area contributed by atoms with Gasteiger partial charge in [-0.1, -0.05) is 12.1 Å². The highest BCUT2D eigenvalue weighted by Crippen LogP contribution is 2.30. The topological polar surface area (TPSA) is 68.0 Å². The molecule has 0 fully saturated rings. The molecule has 0 saturated heterocycles. The van der Waals surface area contributed by atoms with Gasteiger partial charge in [0.25, 0.3) is 0 Å². The van der Waals surface area contributed by atoms with Gasteiger partial charge in [-0.15, -0.1) is 11.3 Å². The number of aromatic nitrogens is 1. The Morgan fingerprint density at radius 3 is 2.86 bits per heavy atom. The Kier molecular flexibility index (Phi) is 3.55. The van der Waals surface area contributed by atoms with E-state index in [9.17, 15) is 4.79 Å². The van der Waals surface area contributed by atoms with E-state index in [1.165, 1.54) is 35.3 Å². The molecule has 0 saturated carbocycles. The SMILES string of the molecule is CC(C)(N)C(=O)Nc1nc(-c2ccc3c(c2)CCC3)cs1. The van der Waals surface area contributed by atoms with Crippen LogP contribution in [0.3, 0.4) is 0 Å². The van der Waals surface area contributed by atoms with Crippen molar-refractivity contribution < 1.29 is 4.79 Å². The molecule has 1 amide bonds. The smallest absolute Gasteiger partial charge is 0.245 e. The van der Waals surface area contributed by atoms with Crippen LogP contribution in [0.5, 0.6) is 0 Å². The highest BCUT2D eigenvalue weighted by molar-refractivity contribution is 7.14. The maximum Gasteiger partial charge on any atom is 0.245 e. The summed E-state index contributed by atoms with van der Waals surface area (Å²) in [4.78, 5) is 16.4. The molecule has 5 heteroatoms. The van der Waals surface area contributed by atoms with Crippen molar-refractivity contribution in [3.63, 3.8) is 0 Å². The Bertz CT molecular complexity index is 685. The fourth-order valence-corrected chi connectivity index (χ4v) is 3.17. The maximum absolute atomic E-state index is 11.9. The average Bonchev–Trinajstić information content (AvgIpc) is 3.04. The van der Waals surface area contributed by atoms with E-state index in [2.05, 4.69) is 28.5 Å². The summed E-state index contributed by atoms with van der Waals surface area (Å²) in [7, 11) is 0. The second-order valence-electron chi connectivity index (χ2n) is 6.05. The number of nitrogens with one attached hydrogen (secondary N) is 1. The number of aryl methyl sites for hydroxylation is 2. The van der Waals surface area contributed by atoms with Gasteiger partial charge < -0.3 is 11.1 Å². The van der Waals surface area contributed by atoms with Crippen LogP contribution in [-0.2, 0) is 17.6 Å². The van der Waals surface area contributed by atoms with Crippen LogP contribution in [0.4, 0.5) is 5.13 Å². The van der Waals surface area contributed by atoms with Crippen molar-refractivity contribution in [3.8, 4) is 11.3 Å². The van der Waals surface area contributed by atoms with Gasteiger partial charge in [0.2, 0.25) is 5.91 Å². The van der Waals surface area contributed by atoms with Gasteiger partial charge in [0, 0.05) is 10.9 Å². The minimum absolute atomic E-state index is 0.225. The number of thiazole rings is 1. The Labute approximate surface area is 128 Å². The van der Waals surface area contributed by atoms with Crippen LogP contribution < -0.4 is 11.1 Å². The molecule has 1 aliphatic carbocycles.